The van der Waals surface area contributed by atoms with Gasteiger partial charge in [-0.1, -0.05) is 56.0 Å². The molecule has 7 nitrogen and oxygen atoms in total. The Bertz CT molecular complexity index is 922. The molecule has 0 unspecified atom stereocenters. The molecule has 0 atom stereocenters. The van der Waals surface area contributed by atoms with Gasteiger partial charge in [-0.2, -0.15) is 0 Å². The number of thioether (sulfide) groups is 1. The Morgan fingerprint density at radius 1 is 1.03 bits per heavy atom. The van der Waals surface area contributed by atoms with E-state index < -0.39 is 6.03 Å². The minimum Gasteiger partial charge on any atom is -0.335 e. The Morgan fingerprint density at radius 3 is 2.48 bits per heavy atom. The largest absolute Gasteiger partial charge is 0.335 e. The number of carbonyl (C=O) groups is 2. The summed E-state index contributed by atoms with van der Waals surface area (Å²) in [6.07, 6.45) is 9.48. The Hall–Kier alpha value is -2.42. The second-order valence-corrected chi connectivity index (χ2v) is 9.18. The van der Waals surface area contributed by atoms with E-state index in [1.165, 1.54) is 24.2 Å². The Labute approximate surface area is 185 Å². The number of halogens is 1. The molecule has 2 N–H and O–H groups in total. The summed E-state index contributed by atoms with van der Waals surface area (Å²) in [5.41, 5.74) is 0.410. The smallest absolute Gasteiger partial charge is 0.321 e. The number of urea groups is 1. The van der Waals surface area contributed by atoms with Gasteiger partial charge in [-0.05, 0) is 37.8 Å². The predicted octanol–water partition coefficient (Wildman–Crippen LogP) is 4.45. The Morgan fingerprint density at radius 2 is 1.74 bits per heavy atom. The van der Waals surface area contributed by atoms with E-state index in [0.717, 1.165) is 51.4 Å². The normalized spacial score (nSPS) is 17.6. The molecule has 31 heavy (non-hydrogen) atoms. The fraction of sp³-hybridized carbons (Fsp3) is 0.545. The van der Waals surface area contributed by atoms with Crippen LogP contribution in [0.5, 0.6) is 0 Å². The minimum atomic E-state index is -0.446. The first-order valence-corrected chi connectivity index (χ1v) is 12.0. The first-order chi connectivity index (χ1) is 15.1. The number of nitrogens with zero attached hydrogens (tertiary/aromatic N) is 3. The molecule has 0 bridgehead atoms. The van der Waals surface area contributed by atoms with Crippen LogP contribution in [0, 0.1) is 5.82 Å². The fourth-order valence-electron chi connectivity index (χ4n) is 4.45. The molecular weight excluding hydrogens is 417 g/mol. The van der Waals surface area contributed by atoms with Gasteiger partial charge in [0.15, 0.2) is 11.0 Å². The second-order valence-electron chi connectivity index (χ2n) is 8.24. The van der Waals surface area contributed by atoms with Gasteiger partial charge in [-0.15, -0.1) is 10.2 Å². The van der Waals surface area contributed by atoms with Gasteiger partial charge in [0.1, 0.15) is 5.82 Å². The SMILES string of the molecule is O=C(CSc1nnc(-c2ccccc2F)n1C1CCCCC1)NC(=O)NC1CCCC1. The number of benzene rings is 1. The lowest BCUT2D eigenvalue weighted by Gasteiger charge is -2.25. The number of nitrogens with one attached hydrogen (secondary N) is 2. The summed E-state index contributed by atoms with van der Waals surface area (Å²) in [6, 6.07) is 6.43. The maximum absolute atomic E-state index is 14.5. The molecule has 2 aromatic rings. The van der Waals surface area contributed by atoms with Crippen LogP contribution in [0.3, 0.4) is 0 Å². The van der Waals surface area contributed by atoms with Gasteiger partial charge in [0.2, 0.25) is 5.91 Å². The third kappa shape index (κ3) is 5.44. The van der Waals surface area contributed by atoms with Gasteiger partial charge >= 0.3 is 6.03 Å². The summed E-state index contributed by atoms with van der Waals surface area (Å²) in [7, 11) is 0. The topological polar surface area (TPSA) is 88.9 Å². The van der Waals surface area contributed by atoms with Crippen molar-refractivity contribution in [3.63, 3.8) is 0 Å². The van der Waals surface area contributed by atoms with E-state index in [1.54, 1.807) is 18.2 Å². The lowest BCUT2D eigenvalue weighted by atomic mass is 9.95. The number of aromatic nitrogens is 3. The van der Waals surface area contributed by atoms with Gasteiger partial charge < -0.3 is 5.32 Å². The summed E-state index contributed by atoms with van der Waals surface area (Å²) in [5, 5.41) is 14.4. The fourth-order valence-corrected chi connectivity index (χ4v) is 5.26. The van der Waals surface area contributed by atoms with Crippen LogP contribution in [-0.4, -0.2) is 38.5 Å². The molecule has 1 aromatic carbocycles. The summed E-state index contributed by atoms with van der Waals surface area (Å²) in [5.74, 6) is -0.192. The van der Waals surface area contributed by atoms with Crippen LogP contribution in [0.1, 0.15) is 63.8 Å². The van der Waals surface area contributed by atoms with Crippen molar-refractivity contribution >= 4 is 23.7 Å². The highest BCUT2D eigenvalue weighted by Gasteiger charge is 2.26. The molecule has 9 heteroatoms. The van der Waals surface area contributed by atoms with Crippen molar-refractivity contribution in [2.75, 3.05) is 5.75 Å². The molecule has 2 saturated carbocycles. The lowest BCUT2D eigenvalue weighted by Crippen LogP contribution is -2.44. The summed E-state index contributed by atoms with van der Waals surface area (Å²) in [6.45, 7) is 0. The number of amides is 3. The third-order valence-corrected chi connectivity index (χ3v) is 6.94. The third-order valence-electron chi connectivity index (χ3n) is 5.99. The maximum atomic E-state index is 14.5. The van der Waals surface area contributed by atoms with E-state index in [0.29, 0.717) is 16.5 Å². The Balaban J connectivity index is 1.45. The quantitative estimate of drug-likeness (QED) is 0.642. The van der Waals surface area contributed by atoms with Gasteiger partial charge in [0, 0.05) is 12.1 Å². The molecule has 1 heterocycles. The highest BCUT2D eigenvalue weighted by molar-refractivity contribution is 7.99. The van der Waals surface area contributed by atoms with Gasteiger partial charge in [0.25, 0.3) is 0 Å². The van der Waals surface area contributed by atoms with Gasteiger partial charge in [0.05, 0.1) is 11.3 Å². The number of carbonyl (C=O) groups excluding carboxylic acids is 2. The average Bonchev–Trinajstić information content (AvgIpc) is 3.43. The zero-order valence-electron chi connectivity index (χ0n) is 17.5. The van der Waals surface area contributed by atoms with Crippen molar-refractivity contribution in [2.24, 2.45) is 0 Å². The van der Waals surface area contributed by atoms with E-state index in [9.17, 15) is 14.0 Å². The standard InChI is InChI=1S/C22H28FN5O2S/c23-18-13-7-6-12-17(18)20-26-27-22(28(20)16-10-2-1-3-11-16)31-14-19(29)25-21(30)24-15-8-4-5-9-15/h6-7,12-13,15-16H,1-5,8-11,14H2,(H2,24,25,29,30). The molecule has 166 valence electrons. The number of hydrogen-bond donors (Lipinski definition) is 2. The molecular formula is C22H28FN5O2S. The zero-order valence-corrected chi connectivity index (χ0v) is 18.3. The highest BCUT2D eigenvalue weighted by atomic mass is 32.2. The minimum absolute atomic E-state index is 0.0419. The molecule has 2 fully saturated rings. The molecule has 1 aromatic heterocycles. The van der Waals surface area contributed by atoms with E-state index in [-0.39, 0.29) is 29.6 Å². The van der Waals surface area contributed by atoms with Gasteiger partial charge in [-0.3, -0.25) is 14.7 Å². The van der Waals surface area contributed by atoms with Crippen molar-refractivity contribution in [3.8, 4) is 11.4 Å². The molecule has 0 spiro atoms. The van der Waals surface area contributed by atoms with Crippen molar-refractivity contribution in [1.29, 1.82) is 0 Å². The molecule has 3 amide bonds. The molecule has 0 saturated heterocycles. The van der Waals surface area contributed by atoms with Crippen LogP contribution < -0.4 is 10.6 Å². The van der Waals surface area contributed by atoms with Crippen LogP contribution in [0.2, 0.25) is 0 Å². The molecule has 0 aliphatic heterocycles. The van der Waals surface area contributed by atoms with Crippen LogP contribution in [0.15, 0.2) is 29.4 Å². The number of hydrogen-bond acceptors (Lipinski definition) is 5. The first kappa shape index (κ1) is 21.8. The number of rotatable bonds is 6. The first-order valence-electron chi connectivity index (χ1n) is 11.0. The van der Waals surface area contributed by atoms with Crippen molar-refractivity contribution in [3.05, 3.63) is 30.1 Å². The van der Waals surface area contributed by atoms with Crippen molar-refractivity contribution in [1.82, 2.24) is 25.4 Å². The Kier molecular flexibility index (Phi) is 7.21. The molecule has 2 aliphatic rings. The van der Waals surface area contributed by atoms with E-state index >= 15 is 0 Å². The van der Waals surface area contributed by atoms with Crippen LogP contribution in [-0.2, 0) is 4.79 Å². The second kappa shape index (κ2) is 10.3. The summed E-state index contributed by atoms with van der Waals surface area (Å²) in [4.78, 5) is 24.3. The average molecular weight is 446 g/mol. The van der Waals surface area contributed by atoms with Crippen molar-refractivity contribution in [2.45, 2.75) is 75.0 Å². The van der Waals surface area contributed by atoms with Crippen LogP contribution in [0.25, 0.3) is 11.4 Å². The number of imide groups is 1. The summed E-state index contributed by atoms with van der Waals surface area (Å²) >= 11 is 1.23. The summed E-state index contributed by atoms with van der Waals surface area (Å²) < 4.78 is 16.4. The van der Waals surface area contributed by atoms with Crippen LogP contribution >= 0.6 is 11.8 Å². The van der Waals surface area contributed by atoms with E-state index in [1.807, 2.05) is 4.57 Å². The van der Waals surface area contributed by atoms with Crippen molar-refractivity contribution < 1.29 is 14.0 Å². The lowest BCUT2D eigenvalue weighted by molar-refractivity contribution is -0.117. The highest BCUT2D eigenvalue weighted by Crippen LogP contribution is 2.36. The van der Waals surface area contributed by atoms with Gasteiger partial charge in [-0.25, -0.2) is 9.18 Å². The van der Waals surface area contributed by atoms with Crippen LogP contribution in [0.4, 0.5) is 9.18 Å². The molecule has 4 rings (SSSR count). The molecule has 0 radical (unpaired) electrons. The zero-order chi connectivity index (χ0) is 21.6. The molecule has 2 aliphatic carbocycles. The predicted molar refractivity (Wildman–Crippen MR) is 117 cm³/mol. The monoisotopic (exact) mass is 445 g/mol. The van der Waals surface area contributed by atoms with E-state index in [2.05, 4.69) is 20.8 Å². The van der Waals surface area contributed by atoms with E-state index in [4.69, 9.17) is 0 Å². The maximum Gasteiger partial charge on any atom is 0.321 e.